The summed E-state index contributed by atoms with van der Waals surface area (Å²) in [7, 11) is 0. The van der Waals surface area contributed by atoms with Crippen LogP contribution in [-0.2, 0) is 11.3 Å². The third-order valence-electron chi connectivity index (χ3n) is 2.76. The van der Waals surface area contributed by atoms with Crippen LogP contribution in [0.3, 0.4) is 0 Å². The van der Waals surface area contributed by atoms with Crippen molar-refractivity contribution in [1.82, 2.24) is 14.5 Å². The van der Waals surface area contributed by atoms with E-state index in [9.17, 15) is 5.11 Å². The minimum absolute atomic E-state index is 0.155. The van der Waals surface area contributed by atoms with Crippen molar-refractivity contribution < 1.29 is 9.84 Å². The number of nitrogens with zero attached hydrogens (tertiary/aromatic N) is 3. The monoisotopic (exact) mass is 211 g/mol. The van der Waals surface area contributed by atoms with Gasteiger partial charge in [0.05, 0.1) is 32.2 Å². The maximum Gasteiger partial charge on any atom is 0.0946 e. The number of imidazole rings is 1. The maximum atomic E-state index is 9.18. The quantitative estimate of drug-likeness (QED) is 0.734. The van der Waals surface area contributed by atoms with Crippen LogP contribution in [0.1, 0.15) is 0 Å². The van der Waals surface area contributed by atoms with Gasteiger partial charge in [0, 0.05) is 32.0 Å². The van der Waals surface area contributed by atoms with E-state index in [0.717, 1.165) is 26.2 Å². The van der Waals surface area contributed by atoms with E-state index >= 15 is 0 Å². The van der Waals surface area contributed by atoms with Gasteiger partial charge in [0.15, 0.2) is 0 Å². The van der Waals surface area contributed by atoms with Crippen molar-refractivity contribution >= 4 is 0 Å². The average molecular weight is 211 g/mol. The first kappa shape index (κ1) is 10.6. The predicted octanol–water partition coefficient (Wildman–Crippen LogP) is -0.424. The van der Waals surface area contributed by atoms with Crippen LogP contribution in [0.2, 0.25) is 0 Å². The van der Waals surface area contributed by atoms with Gasteiger partial charge < -0.3 is 14.4 Å². The van der Waals surface area contributed by atoms with Gasteiger partial charge >= 0.3 is 0 Å². The van der Waals surface area contributed by atoms with Crippen LogP contribution in [0.5, 0.6) is 0 Å². The molecule has 0 bridgehead atoms. The van der Waals surface area contributed by atoms with Gasteiger partial charge in [-0.1, -0.05) is 0 Å². The molecule has 84 valence electrons. The van der Waals surface area contributed by atoms with Gasteiger partial charge in [0.25, 0.3) is 0 Å². The number of hydrogen-bond donors (Lipinski definition) is 1. The van der Waals surface area contributed by atoms with Crippen molar-refractivity contribution in [2.75, 3.05) is 32.9 Å². The Balaban J connectivity index is 1.81. The molecule has 1 fully saturated rings. The molecule has 2 heterocycles. The van der Waals surface area contributed by atoms with E-state index < -0.39 is 0 Å². The second-order valence-corrected chi connectivity index (χ2v) is 3.75. The Kier molecular flexibility index (Phi) is 3.71. The molecule has 0 spiro atoms. The van der Waals surface area contributed by atoms with Crippen LogP contribution in [0.4, 0.5) is 0 Å². The van der Waals surface area contributed by atoms with E-state index in [1.54, 1.807) is 6.20 Å². The minimum Gasteiger partial charge on any atom is -0.395 e. The topological polar surface area (TPSA) is 50.5 Å². The Morgan fingerprint density at radius 1 is 1.47 bits per heavy atom. The Hall–Kier alpha value is -0.910. The lowest BCUT2D eigenvalue weighted by molar-refractivity contribution is -0.0285. The first-order chi connectivity index (χ1) is 7.40. The molecule has 1 N–H and O–H groups in total. The summed E-state index contributed by atoms with van der Waals surface area (Å²) in [6, 6.07) is 0.155. The molecule has 0 saturated carbocycles. The second-order valence-electron chi connectivity index (χ2n) is 3.75. The van der Waals surface area contributed by atoms with Crippen molar-refractivity contribution in [3.05, 3.63) is 18.7 Å². The van der Waals surface area contributed by atoms with E-state index in [0.29, 0.717) is 6.61 Å². The molecule has 0 radical (unpaired) electrons. The SMILES string of the molecule is OCC1COCCN1CCn1ccnc1. The average Bonchev–Trinajstić information content (AvgIpc) is 2.79. The highest BCUT2D eigenvalue weighted by Crippen LogP contribution is 2.06. The first-order valence-electron chi connectivity index (χ1n) is 5.28. The maximum absolute atomic E-state index is 9.18. The van der Waals surface area contributed by atoms with E-state index in [4.69, 9.17) is 4.74 Å². The van der Waals surface area contributed by atoms with Gasteiger partial charge in [0.2, 0.25) is 0 Å². The predicted molar refractivity (Wildman–Crippen MR) is 55.5 cm³/mol. The summed E-state index contributed by atoms with van der Waals surface area (Å²) in [6.07, 6.45) is 5.55. The molecule has 0 aliphatic carbocycles. The minimum atomic E-state index is 0.155. The highest BCUT2D eigenvalue weighted by atomic mass is 16.5. The lowest BCUT2D eigenvalue weighted by Gasteiger charge is -2.34. The highest BCUT2D eigenvalue weighted by Gasteiger charge is 2.21. The summed E-state index contributed by atoms with van der Waals surface area (Å²) in [4.78, 5) is 6.26. The van der Waals surface area contributed by atoms with Crippen LogP contribution >= 0.6 is 0 Å². The largest absolute Gasteiger partial charge is 0.395 e. The molecule has 1 aromatic heterocycles. The normalized spacial score (nSPS) is 23.1. The lowest BCUT2D eigenvalue weighted by Crippen LogP contribution is -2.48. The third kappa shape index (κ3) is 2.77. The van der Waals surface area contributed by atoms with Gasteiger partial charge in [0.1, 0.15) is 0 Å². The van der Waals surface area contributed by atoms with E-state index in [1.807, 2.05) is 17.1 Å². The third-order valence-corrected chi connectivity index (χ3v) is 2.76. The van der Waals surface area contributed by atoms with Crippen LogP contribution in [-0.4, -0.2) is 58.5 Å². The molecule has 1 aliphatic rings. The van der Waals surface area contributed by atoms with Crippen molar-refractivity contribution in [2.24, 2.45) is 0 Å². The summed E-state index contributed by atoms with van der Waals surface area (Å²) >= 11 is 0. The molecule has 0 amide bonds. The molecule has 5 nitrogen and oxygen atoms in total. The summed E-state index contributed by atoms with van der Waals surface area (Å²) in [5, 5.41) is 9.18. The van der Waals surface area contributed by atoms with Crippen molar-refractivity contribution in [1.29, 1.82) is 0 Å². The number of aromatic nitrogens is 2. The summed E-state index contributed by atoms with van der Waals surface area (Å²) in [5.41, 5.74) is 0. The Bertz CT molecular complexity index is 276. The van der Waals surface area contributed by atoms with Crippen LogP contribution in [0, 0.1) is 0 Å². The second kappa shape index (κ2) is 5.25. The number of hydrogen-bond acceptors (Lipinski definition) is 4. The zero-order chi connectivity index (χ0) is 10.5. The smallest absolute Gasteiger partial charge is 0.0946 e. The Morgan fingerprint density at radius 3 is 3.13 bits per heavy atom. The van der Waals surface area contributed by atoms with E-state index in [-0.39, 0.29) is 12.6 Å². The molecule has 0 aromatic carbocycles. The first-order valence-corrected chi connectivity index (χ1v) is 5.28. The number of aliphatic hydroxyl groups is 1. The molecule has 1 aromatic rings. The van der Waals surface area contributed by atoms with E-state index in [2.05, 4.69) is 9.88 Å². The summed E-state index contributed by atoms with van der Waals surface area (Å²) < 4.78 is 7.36. The molecule has 1 saturated heterocycles. The van der Waals surface area contributed by atoms with Crippen LogP contribution in [0.15, 0.2) is 18.7 Å². The molecule has 1 aliphatic heterocycles. The summed E-state index contributed by atoms with van der Waals surface area (Å²) in [5.74, 6) is 0. The molecule has 2 rings (SSSR count). The molecule has 15 heavy (non-hydrogen) atoms. The molecule has 5 heteroatoms. The zero-order valence-corrected chi connectivity index (χ0v) is 8.75. The van der Waals surface area contributed by atoms with E-state index in [1.165, 1.54) is 0 Å². The van der Waals surface area contributed by atoms with Crippen LogP contribution in [0.25, 0.3) is 0 Å². The van der Waals surface area contributed by atoms with Gasteiger partial charge in [-0.05, 0) is 0 Å². The lowest BCUT2D eigenvalue weighted by atomic mass is 10.2. The molecule has 1 unspecified atom stereocenters. The van der Waals surface area contributed by atoms with Gasteiger partial charge in [-0.15, -0.1) is 0 Å². The van der Waals surface area contributed by atoms with Crippen molar-refractivity contribution in [2.45, 2.75) is 12.6 Å². The van der Waals surface area contributed by atoms with Gasteiger partial charge in [-0.25, -0.2) is 4.98 Å². The standard InChI is InChI=1S/C10H17N3O2/c14-7-10-8-15-6-5-13(10)4-3-12-2-1-11-9-12/h1-2,9-10,14H,3-8H2. The Labute approximate surface area is 89.3 Å². The highest BCUT2D eigenvalue weighted by molar-refractivity contribution is 4.78. The number of morpholine rings is 1. The zero-order valence-electron chi connectivity index (χ0n) is 8.75. The fourth-order valence-electron chi connectivity index (χ4n) is 1.81. The molecule has 1 atom stereocenters. The fourth-order valence-corrected chi connectivity index (χ4v) is 1.81. The number of rotatable bonds is 4. The van der Waals surface area contributed by atoms with Crippen LogP contribution < -0.4 is 0 Å². The Morgan fingerprint density at radius 2 is 2.40 bits per heavy atom. The molecular weight excluding hydrogens is 194 g/mol. The molecular formula is C10H17N3O2. The number of aliphatic hydroxyl groups excluding tert-OH is 1. The van der Waals surface area contributed by atoms with Gasteiger partial charge in [-0.3, -0.25) is 4.90 Å². The van der Waals surface area contributed by atoms with Gasteiger partial charge in [-0.2, -0.15) is 0 Å². The summed E-state index contributed by atoms with van der Waals surface area (Å²) in [6.45, 7) is 4.33. The van der Waals surface area contributed by atoms with Crippen molar-refractivity contribution in [3.8, 4) is 0 Å². The van der Waals surface area contributed by atoms with Crippen molar-refractivity contribution in [3.63, 3.8) is 0 Å². The fraction of sp³-hybridized carbons (Fsp3) is 0.700. The number of ether oxygens (including phenoxy) is 1.